The van der Waals surface area contributed by atoms with E-state index in [4.69, 9.17) is 9.47 Å². The van der Waals surface area contributed by atoms with Crippen LogP contribution in [0.5, 0.6) is 0 Å². The normalized spacial score (nSPS) is 11.7. The molecule has 0 aromatic heterocycles. The maximum Gasteiger partial charge on any atom is 0.305 e. The minimum atomic E-state index is -0.0855. The molecule has 0 N–H and O–H groups in total. The maximum absolute atomic E-state index is 11.9. The predicted molar refractivity (Wildman–Crippen MR) is 180 cm³/mol. The zero-order valence-electron chi connectivity index (χ0n) is 28.0. The molecule has 0 aliphatic rings. The van der Waals surface area contributed by atoms with Crippen LogP contribution in [-0.4, -0.2) is 19.2 Å². The van der Waals surface area contributed by atoms with Crippen molar-refractivity contribution < 1.29 is 14.3 Å². The molecule has 242 valence electrons. The number of hydrogen-bond acceptors (Lipinski definition) is 3. The number of carbonyl (C=O) groups excluding carboxylic acids is 1. The molecule has 0 aliphatic carbocycles. The van der Waals surface area contributed by atoms with Crippen molar-refractivity contribution in [3.05, 3.63) is 24.5 Å². The molecule has 0 radical (unpaired) electrons. The van der Waals surface area contributed by atoms with Crippen LogP contribution in [0.1, 0.15) is 200 Å². The van der Waals surface area contributed by atoms with Gasteiger partial charge in [-0.05, 0) is 51.0 Å². The molecule has 0 unspecified atom stereocenters. The van der Waals surface area contributed by atoms with Crippen molar-refractivity contribution in [2.75, 3.05) is 13.2 Å². The Morgan fingerprint density at radius 2 is 0.805 bits per heavy atom. The molecule has 3 nitrogen and oxygen atoms in total. The molecule has 0 bridgehead atoms. The Bertz CT molecular complexity index is 554. The van der Waals surface area contributed by atoms with E-state index in [0.29, 0.717) is 19.6 Å². The van der Waals surface area contributed by atoms with Crippen LogP contribution in [0.3, 0.4) is 0 Å². The summed E-state index contributed by atoms with van der Waals surface area (Å²) in [7, 11) is 0. The van der Waals surface area contributed by atoms with Crippen molar-refractivity contribution in [3.8, 4) is 0 Å². The highest BCUT2D eigenvalue weighted by atomic mass is 16.6. The van der Waals surface area contributed by atoms with Gasteiger partial charge in [-0.2, -0.15) is 0 Å². The van der Waals surface area contributed by atoms with Gasteiger partial charge >= 0.3 is 5.97 Å². The van der Waals surface area contributed by atoms with Gasteiger partial charge in [-0.1, -0.05) is 161 Å². The number of unbranched alkanes of at least 4 members (excludes halogenated alkanes) is 25. The standard InChI is InChI=1S/C38H72O3/c1-3-5-7-9-11-13-15-17-19-21-23-25-27-29-31-33-35-40-36-37-41-38(39)34-32-30-28-26-24-22-20-18-16-14-12-10-8-6-4-2/h18,20,33,35H,3-17,19,21-32,34,36-37H2,1-2H3/b20-18-,35-33+. The van der Waals surface area contributed by atoms with E-state index in [9.17, 15) is 4.79 Å². The first-order chi connectivity index (χ1) is 20.3. The monoisotopic (exact) mass is 577 g/mol. The van der Waals surface area contributed by atoms with Gasteiger partial charge < -0.3 is 9.47 Å². The fraction of sp³-hybridized carbons (Fsp3) is 0.868. The SMILES string of the molecule is CCCCCCCC/C=C\CCCCCCCC(=O)OCCO/C=C/CCCCCCCCCCCCCCCC. The second kappa shape index (κ2) is 36.8. The summed E-state index contributed by atoms with van der Waals surface area (Å²) in [5.41, 5.74) is 0. The first-order valence-electron chi connectivity index (χ1n) is 18.4. The fourth-order valence-electron chi connectivity index (χ4n) is 5.28. The Hall–Kier alpha value is -1.25. The zero-order chi connectivity index (χ0) is 29.7. The van der Waals surface area contributed by atoms with E-state index in [1.165, 1.54) is 161 Å². The molecule has 0 saturated carbocycles. The molecule has 3 heteroatoms. The Kier molecular flexibility index (Phi) is 35.7. The van der Waals surface area contributed by atoms with Crippen LogP contribution in [0.2, 0.25) is 0 Å². The van der Waals surface area contributed by atoms with E-state index in [0.717, 1.165) is 19.3 Å². The molecule has 0 atom stereocenters. The summed E-state index contributed by atoms with van der Waals surface area (Å²) in [6, 6.07) is 0. The minimum Gasteiger partial charge on any atom is -0.498 e. The molecule has 0 saturated heterocycles. The summed E-state index contributed by atoms with van der Waals surface area (Å²) in [4.78, 5) is 11.9. The van der Waals surface area contributed by atoms with Crippen LogP contribution in [0.25, 0.3) is 0 Å². The predicted octanol–water partition coefficient (Wildman–Crippen LogP) is 13.0. The van der Waals surface area contributed by atoms with E-state index in [1.54, 1.807) is 6.26 Å². The summed E-state index contributed by atoms with van der Waals surface area (Å²) < 4.78 is 10.8. The molecule has 0 aromatic rings. The number of rotatable bonds is 34. The van der Waals surface area contributed by atoms with Crippen LogP contribution >= 0.6 is 0 Å². The minimum absolute atomic E-state index is 0.0855. The van der Waals surface area contributed by atoms with Crippen molar-refractivity contribution in [2.24, 2.45) is 0 Å². The van der Waals surface area contributed by atoms with Crippen LogP contribution in [0.15, 0.2) is 24.5 Å². The lowest BCUT2D eigenvalue weighted by Crippen LogP contribution is -2.09. The maximum atomic E-state index is 11.9. The van der Waals surface area contributed by atoms with Gasteiger partial charge in [0.2, 0.25) is 0 Å². The lowest BCUT2D eigenvalue weighted by molar-refractivity contribution is -0.144. The average Bonchev–Trinajstić information content (AvgIpc) is 2.98. The largest absolute Gasteiger partial charge is 0.498 e. The second-order valence-corrected chi connectivity index (χ2v) is 12.2. The third kappa shape index (κ3) is 36.7. The highest BCUT2D eigenvalue weighted by molar-refractivity contribution is 5.69. The Morgan fingerprint density at radius 1 is 0.439 bits per heavy atom. The van der Waals surface area contributed by atoms with Crippen LogP contribution in [0, 0.1) is 0 Å². The second-order valence-electron chi connectivity index (χ2n) is 12.2. The van der Waals surface area contributed by atoms with Crippen molar-refractivity contribution in [2.45, 2.75) is 200 Å². The van der Waals surface area contributed by atoms with Gasteiger partial charge in [-0.3, -0.25) is 4.79 Å². The number of esters is 1. The molecular formula is C38H72O3. The van der Waals surface area contributed by atoms with Gasteiger partial charge in [0.25, 0.3) is 0 Å². The lowest BCUT2D eigenvalue weighted by Gasteiger charge is -2.05. The average molecular weight is 577 g/mol. The quantitative estimate of drug-likeness (QED) is 0.0331. The molecule has 41 heavy (non-hydrogen) atoms. The third-order valence-corrected chi connectivity index (χ3v) is 8.02. The van der Waals surface area contributed by atoms with E-state index in [1.807, 2.05) is 0 Å². The Labute approximate surface area is 257 Å². The van der Waals surface area contributed by atoms with Gasteiger partial charge in [0.15, 0.2) is 0 Å². The van der Waals surface area contributed by atoms with E-state index < -0.39 is 0 Å². The van der Waals surface area contributed by atoms with Gasteiger partial charge in [0.05, 0.1) is 6.26 Å². The van der Waals surface area contributed by atoms with Gasteiger partial charge in [0, 0.05) is 6.42 Å². The smallest absolute Gasteiger partial charge is 0.305 e. The van der Waals surface area contributed by atoms with E-state index in [-0.39, 0.29) is 5.97 Å². The fourth-order valence-corrected chi connectivity index (χ4v) is 5.28. The van der Waals surface area contributed by atoms with Crippen molar-refractivity contribution in [1.82, 2.24) is 0 Å². The van der Waals surface area contributed by atoms with Crippen LogP contribution in [-0.2, 0) is 14.3 Å². The van der Waals surface area contributed by atoms with Gasteiger partial charge in [0.1, 0.15) is 13.2 Å². The highest BCUT2D eigenvalue weighted by Gasteiger charge is 2.02. The lowest BCUT2D eigenvalue weighted by atomic mass is 10.0. The molecule has 0 rings (SSSR count). The van der Waals surface area contributed by atoms with Crippen LogP contribution in [0.4, 0.5) is 0 Å². The highest BCUT2D eigenvalue weighted by Crippen LogP contribution is 2.14. The molecule has 0 amide bonds. The summed E-state index contributed by atoms with van der Waals surface area (Å²) in [6.07, 6.45) is 46.3. The molecule has 0 aliphatic heterocycles. The van der Waals surface area contributed by atoms with Crippen molar-refractivity contribution >= 4 is 5.97 Å². The summed E-state index contributed by atoms with van der Waals surface area (Å²) >= 11 is 0. The molecule has 0 fully saturated rings. The number of hydrogen-bond donors (Lipinski definition) is 0. The van der Waals surface area contributed by atoms with E-state index in [2.05, 4.69) is 32.1 Å². The number of carbonyl (C=O) groups is 1. The summed E-state index contributed by atoms with van der Waals surface area (Å²) in [5.74, 6) is -0.0855. The third-order valence-electron chi connectivity index (χ3n) is 8.02. The van der Waals surface area contributed by atoms with Gasteiger partial charge in [-0.15, -0.1) is 0 Å². The summed E-state index contributed by atoms with van der Waals surface area (Å²) in [5, 5.41) is 0. The first-order valence-corrected chi connectivity index (χ1v) is 18.4. The Balaban J connectivity index is 3.24. The molecular weight excluding hydrogens is 504 g/mol. The summed E-state index contributed by atoms with van der Waals surface area (Å²) in [6.45, 7) is 5.37. The Morgan fingerprint density at radius 3 is 1.24 bits per heavy atom. The molecule has 0 spiro atoms. The molecule has 0 aromatic carbocycles. The van der Waals surface area contributed by atoms with E-state index >= 15 is 0 Å². The number of allylic oxidation sites excluding steroid dienone is 3. The topological polar surface area (TPSA) is 35.5 Å². The number of ether oxygens (including phenoxy) is 2. The first kappa shape index (κ1) is 39.8. The van der Waals surface area contributed by atoms with Crippen molar-refractivity contribution in [3.63, 3.8) is 0 Å². The van der Waals surface area contributed by atoms with Gasteiger partial charge in [-0.25, -0.2) is 0 Å². The molecule has 0 heterocycles. The van der Waals surface area contributed by atoms with Crippen molar-refractivity contribution in [1.29, 1.82) is 0 Å². The zero-order valence-corrected chi connectivity index (χ0v) is 28.0. The van der Waals surface area contributed by atoms with Crippen LogP contribution < -0.4 is 0 Å².